The van der Waals surface area contributed by atoms with E-state index in [-0.39, 0.29) is 36.8 Å². The monoisotopic (exact) mass is 548 g/mol. The standard InChI is InChI=1S/C28H35F3N4O4/c1-16-12-18(28(29,30)31)14-23(38-15-37-5)24(16)20-13-17-10-11-34(25(17)33-32-20)21-8-6-19-7-9-22(21)35(19)26(36)39-27(2,3)4/h12-14,19,21-22H,6-11,15H2,1-5H3/t19-,21-,22-/m0/s1. The third-order valence-electron chi connectivity index (χ3n) is 7.75. The predicted molar refractivity (Wildman–Crippen MR) is 139 cm³/mol. The number of hydrogen-bond donors (Lipinski definition) is 0. The number of methoxy groups -OCH3 is 1. The highest BCUT2D eigenvalue weighted by Crippen LogP contribution is 2.43. The molecular formula is C28H35F3N4O4. The summed E-state index contributed by atoms with van der Waals surface area (Å²) in [5.41, 5.74) is 0.914. The number of alkyl halides is 3. The van der Waals surface area contributed by atoms with Gasteiger partial charge in [-0.25, -0.2) is 4.79 Å². The van der Waals surface area contributed by atoms with E-state index in [9.17, 15) is 18.0 Å². The van der Waals surface area contributed by atoms with Crippen molar-refractivity contribution in [2.24, 2.45) is 0 Å². The van der Waals surface area contributed by atoms with E-state index in [1.807, 2.05) is 31.7 Å². The Labute approximate surface area is 226 Å². The number of aryl methyl sites for hydroxylation is 1. The molecule has 4 heterocycles. The largest absolute Gasteiger partial charge is 0.467 e. The minimum Gasteiger partial charge on any atom is -0.467 e. The first-order valence-corrected chi connectivity index (χ1v) is 13.4. The van der Waals surface area contributed by atoms with Gasteiger partial charge in [-0.1, -0.05) is 0 Å². The predicted octanol–water partition coefficient (Wildman–Crippen LogP) is 5.75. The highest BCUT2D eigenvalue weighted by molar-refractivity contribution is 5.74. The van der Waals surface area contributed by atoms with Crippen molar-refractivity contribution in [3.63, 3.8) is 0 Å². The van der Waals surface area contributed by atoms with Crippen LogP contribution in [0.5, 0.6) is 5.75 Å². The number of carbonyl (C=O) groups is 1. The number of amides is 1. The quantitative estimate of drug-likeness (QED) is 0.441. The van der Waals surface area contributed by atoms with Gasteiger partial charge in [0.1, 0.15) is 11.4 Å². The summed E-state index contributed by atoms with van der Waals surface area (Å²) < 4.78 is 56.6. The molecule has 1 amide bonds. The highest BCUT2D eigenvalue weighted by Gasteiger charge is 2.49. The topological polar surface area (TPSA) is 77.0 Å². The molecule has 5 rings (SSSR count). The molecule has 0 unspecified atom stereocenters. The molecule has 0 N–H and O–H groups in total. The van der Waals surface area contributed by atoms with Gasteiger partial charge in [-0.05, 0) is 83.6 Å². The van der Waals surface area contributed by atoms with Crippen LogP contribution in [0.2, 0.25) is 0 Å². The molecule has 0 aliphatic carbocycles. The molecular weight excluding hydrogens is 513 g/mol. The molecule has 0 radical (unpaired) electrons. The number of benzene rings is 1. The Kier molecular flexibility index (Phi) is 7.15. The van der Waals surface area contributed by atoms with Gasteiger partial charge in [-0.15, -0.1) is 10.2 Å². The molecule has 8 nitrogen and oxygen atoms in total. The van der Waals surface area contributed by atoms with E-state index in [1.165, 1.54) is 7.11 Å². The lowest BCUT2D eigenvalue weighted by atomic mass is 9.96. The molecule has 2 aromatic rings. The van der Waals surface area contributed by atoms with Crippen LogP contribution in [0.4, 0.5) is 23.8 Å². The lowest BCUT2D eigenvalue weighted by Gasteiger charge is -2.44. The maximum absolute atomic E-state index is 13.5. The van der Waals surface area contributed by atoms with E-state index in [2.05, 4.69) is 15.1 Å². The molecule has 3 aliphatic rings. The summed E-state index contributed by atoms with van der Waals surface area (Å²) in [7, 11) is 1.41. The Bertz CT molecular complexity index is 1250. The van der Waals surface area contributed by atoms with E-state index in [0.29, 0.717) is 16.8 Å². The van der Waals surface area contributed by atoms with Crippen molar-refractivity contribution in [2.75, 3.05) is 25.3 Å². The number of hydrogen-bond acceptors (Lipinski definition) is 7. The maximum atomic E-state index is 13.5. The maximum Gasteiger partial charge on any atom is 0.416 e. The van der Waals surface area contributed by atoms with Gasteiger partial charge in [0.2, 0.25) is 0 Å². The van der Waals surface area contributed by atoms with Crippen LogP contribution in [0.25, 0.3) is 11.3 Å². The number of aromatic nitrogens is 2. The number of ether oxygens (including phenoxy) is 3. The number of fused-ring (bicyclic) bond motifs is 3. The van der Waals surface area contributed by atoms with Gasteiger partial charge in [-0.2, -0.15) is 13.2 Å². The Morgan fingerprint density at radius 1 is 1.05 bits per heavy atom. The molecule has 3 aliphatic heterocycles. The van der Waals surface area contributed by atoms with Crippen molar-refractivity contribution < 1.29 is 32.2 Å². The fourth-order valence-electron chi connectivity index (χ4n) is 6.22. The van der Waals surface area contributed by atoms with E-state index in [1.54, 1.807) is 6.92 Å². The van der Waals surface area contributed by atoms with Crippen LogP contribution >= 0.6 is 0 Å². The third kappa shape index (κ3) is 5.37. The second kappa shape index (κ2) is 10.1. The van der Waals surface area contributed by atoms with Gasteiger partial charge >= 0.3 is 12.3 Å². The molecule has 212 valence electrons. The summed E-state index contributed by atoms with van der Waals surface area (Å²) in [4.78, 5) is 17.3. The molecule has 1 aromatic heterocycles. The van der Waals surface area contributed by atoms with Crippen LogP contribution in [0.3, 0.4) is 0 Å². The van der Waals surface area contributed by atoms with E-state index >= 15 is 0 Å². The van der Waals surface area contributed by atoms with Gasteiger partial charge in [0.05, 0.1) is 23.3 Å². The lowest BCUT2D eigenvalue weighted by molar-refractivity contribution is -0.137. The zero-order valence-electron chi connectivity index (χ0n) is 23.0. The molecule has 3 atom stereocenters. The minimum absolute atomic E-state index is 0.0391. The summed E-state index contributed by atoms with van der Waals surface area (Å²) in [6, 6.07) is 4.31. The zero-order chi connectivity index (χ0) is 28.1. The molecule has 39 heavy (non-hydrogen) atoms. The average molecular weight is 549 g/mol. The third-order valence-corrected chi connectivity index (χ3v) is 7.75. The fraction of sp³-hybridized carbons (Fsp3) is 0.607. The average Bonchev–Trinajstić information content (AvgIpc) is 3.40. The van der Waals surface area contributed by atoms with Crippen molar-refractivity contribution in [1.29, 1.82) is 0 Å². The summed E-state index contributed by atoms with van der Waals surface area (Å²) in [6.45, 7) is 7.78. The smallest absolute Gasteiger partial charge is 0.416 e. The fourth-order valence-corrected chi connectivity index (χ4v) is 6.22. The number of nitrogens with zero attached hydrogens (tertiary/aromatic N) is 4. The SMILES string of the molecule is COCOc1cc(C(F)(F)F)cc(C)c1-c1cc2c(nn1)N([C@H]1CC[C@H]3CC[C@@H]1N3C(=O)OC(C)(C)C)CC2. The molecule has 11 heteroatoms. The van der Waals surface area contributed by atoms with Crippen LogP contribution in [0.15, 0.2) is 18.2 Å². The zero-order valence-corrected chi connectivity index (χ0v) is 23.0. The van der Waals surface area contributed by atoms with Gasteiger partial charge in [0, 0.05) is 30.8 Å². The minimum atomic E-state index is -4.51. The van der Waals surface area contributed by atoms with E-state index in [4.69, 9.17) is 14.2 Å². The molecule has 1 aromatic carbocycles. The molecule has 2 fully saturated rings. The molecule has 2 saturated heterocycles. The van der Waals surface area contributed by atoms with Gasteiger partial charge < -0.3 is 24.0 Å². The van der Waals surface area contributed by atoms with Crippen LogP contribution in [0.1, 0.15) is 63.1 Å². The first kappa shape index (κ1) is 27.5. The van der Waals surface area contributed by atoms with Gasteiger partial charge in [-0.3, -0.25) is 0 Å². The Morgan fingerprint density at radius 2 is 1.77 bits per heavy atom. The first-order valence-electron chi connectivity index (χ1n) is 13.4. The summed E-state index contributed by atoms with van der Waals surface area (Å²) in [6.07, 6.45) is -0.315. The lowest BCUT2D eigenvalue weighted by Crippen LogP contribution is -2.57. The van der Waals surface area contributed by atoms with Crippen molar-refractivity contribution in [3.8, 4) is 17.0 Å². The number of carbonyl (C=O) groups excluding carboxylic acids is 1. The number of piperidine rings is 1. The summed E-state index contributed by atoms with van der Waals surface area (Å²) >= 11 is 0. The van der Waals surface area contributed by atoms with E-state index < -0.39 is 17.3 Å². The van der Waals surface area contributed by atoms with Gasteiger partial charge in [0.15, 0.2) is 12.6 Å². The van der Waals surface area contributed by atoms with Crippen molar-refractivity contribution >= 4 is 11.9 Å². The number of anilines is 1. The molecule has 0 saturated carbocycles. The van der Waals surface area contributed by atoms with Crippen LogP contribution in [-0.2, 0) is 22.1 Å². The van der Waals surface area contributed by atoms with Crippen LogP contribution < -0.4 is 9.64 Å². The Hall–Kier alpha value is -3.08. The second-order valence-corrected chi connectivity index (χ2v) is 11.6. The van der Waals surface area contributed by atoms with Crippen molar-refractivity contribution in [1.82, 2.24) is 15.1 Å². The highest BCUT2D eigenvalue weighted by atomic mass is 19.4. The number of rotatable bonds is 5. The molecule has 2 bridgehead atoms. The molecule has 0 spiro atoms. The first-order chi connectivity index (χ1) is 18.4. The summed E-state index contributed by atoms with van der Waals surface area (Å²) in [5.74, 6) is 0.813. The summed E-state index contributed by atoms with van der Waals surface area (Å²) in [5, 5.41) is 9.02. The van der Waals surface area contributed by atoms with Crippen molar-refractivity contribution in [3.05, 3.63) is 34.9 Å². The Morgan fingerprint density at radius 3 is 2.44 bits per heavy atom. The normalized spacial score (nSPS) is 22.7. The number of halogens is 3. The second-order valence-electron chi connectivity index (χ2n) is 11.6. The van der Waals surface area contributed by atoms with E-state index in [0.717, 1.165) is 62.2 Å². The van der Waals surface area contributed by atoms with Crippen LogP contribution in [0, 0.1) is 6.92 Å². The van der Waals surface area contributed by atoms with Crippen molar-refractivity contribution in [2.45, 2.75) is 89.7 Å². The van der Waals surface area contributed by atoms with Crippen LogP contribution in [-0.4, -0.2) is 65.4 Å². The van der Waals surface area contributed by atoms with Gasteiger partial charge in [0.25, 0.3) is 0 Å². The Balaban J connectivity index is 1.44.